The van der Waals surface area contributed by atoms with Gasteiger partial charge in [0.2, 0.25) is 5.91 Å². The third-order valence-electron chi connectivity index (χ3n) is 6.88. The fourth-order valence-corrected chi connectivity index (χ4v) is 5.49. The molecule has 30 heavy (non-hydrogen) atoms. The lowest BCUT2D eigenvalue weighted by Gasteiger charge is -2.47. The maximum absolute atomic E-state index is 12.8. The minimum atomic E-state index is 0.0981. The number of ether oxygens (including phenoxy) is 1. The average Bonchev–Trinajstić information content (AvgIpc) is 2.78. The Morgan fingerprint density at radius 2 is 1.80 bits per heavy atom. The van der Waals surface area contributed by atoms with Gasteiger partial charge in [-0.1, -0.05) is 36.4 Å². The first kappa shape index (κ1) is 19.5. The molecule has 2 saturated heterocycles. The summed E-state index contributed by atoms with van der Waals surface area (Å²) in [6.45, 7) is 4.81. The molecular weight excluding hydrogens is 378 g/mol. The van der Waals surface area contributed by atoms with Crippen LogP contribution in [0.15, 0.2) is 53.3 Å². The van der Waals surface area contributed by atoms with E-state index < -0.39 is 0 Å². The summed E-state index contributed by atoms with van der Waals surface area (Å²) in [7, 11) is 0. The zero-order chi connectivity index (χ0) is 20.5. The summed E-state index contributed by atoms with van der Waals surface area (Å²) in [6.07, 6.45) is 1.93. The zero-order valence-electron chi connectivity index (χ0n) is 17.3. The number of hydrogen-bond acceptors (Lipinski definition) is 4. The van der Waals surface area contributed by atoms with Crippen LogP contribution < -0.4 is 5.56 Å². The van der Waals surface area contributed by atoms with Gasteiger partial charge in [0.1, 0.15) is 0 Å². The highest BCUT2D eigenvalue weighted by Crippen LogP contribution is 2.42. The minimum Gasteiger partial charge on any atom is -0.378 e. The summed E-state index contributed by atoms with van der Waals surface area (Å²) in [6, 6.07) is 16.2. The Kier molecular flexibility index (Phi) is 5.44. The fourth-order valence-electron chi connectivity index (χ4n) is 5.49. The van der Waals surface area contributed by atoms with Crippen molar-refractivity contribution in [2.45, 2.75) is 24.8 Å². The predicted molar refractivity (Wildman–Crippen MR) is 115 cm³/mol. The van der Waals surface area contributed by atoms with Crippen LogP contribution in [0.3, 0.4) is 0 Å². The summed E-state index contributed by atoms with van der Waals surface area (Å²) >= 11 is 0. The molecule has 3 atom stereocenters. The van der Waals surface area contributed by atoms with Crippen molar-refractivity contribution in [1.82, 2.24) is 14.4 Å². The molecule has 3 aliphatic heterocycles. The Hall–Kier alpha value is -2.44. The highest BCUT2D eigenvalue weighted by molar-refractivity contribution is 5.78. The van der Waals surface area contributed by atoms with Gasteiger partial charge in [0, 0.05) is 49.9 Å². The van der Waals surface area contributed by atoms with Crippen LogP contribution in [0, 0.1) is 5.92 Å². The molecule has 1 aromatic carbocycles. The molecule has 0 spiro atoms. The number of morpholine rings is 1. The Balaban J connectivity index is 1.40. The second-order valence-electron chi connectivity index (χ2n) is 8.80. The van der Waals surface area contributed by atoms with Crippen molar-refractivity contribution in [3.05, 3.63) is 70.1 Å². The third kappa shape index (κ3) is 3.82. The number of aromatic nitrogens is 1. The van der Waals surface area contributed by atoms with Crippen molar-refractivity contribution >= 4 is 5.91 Å². The topological polar surface area (TPSA) is 54.8 Å². The van der Waals surface area contributed by atoms with Crippen LogP contribution in [0.2, 0.25) is 0 Å². The van der Waals surface area contributed by atoms with Crippen molar-refractivity contribution < 1.29 is 9.53 Å². The van der Waals surface area contributed by atoms with Gasteiger partial charge in [0.15, 0.2) is 0 Å². The van der Waals surface area contributed by atoms with E-state index in [4.69, 9.17) is 4.74 Å². The van der Waals surface area contributed by atoms with Crippen molar-refractivity contribution in [2.24, 2.45) is 5.92 Å². The van der Waals surface area contributed by atoms with Gasteiger partial charge in [0.25, 0.3) is 5.56 Å². The number of rotatable bonds is 4. The first-order chi connectivity index (χ1) is 14.7. The number of pyridine rings is 1. The number of hydrogen-bond donors (Lipinski definition) is 0. The van der Waals surface area contributed by atoms with Crippen LogP contribution in [0.4, 0.5) is 0 Å². The van der Waals surface area contributed by atoms with Gasteiger partial charge < -0.3 is 14.2 Å². The Labute approximate surface area is 177 Å². The van der Waals surface area contributed by atoms with Crippen LogP contribution in [0.5, 0.6) is 0 Å². The summed E-state index contributed by atoms with van der Waals surface area (Å²) in [5.41, 5.74) is 2.48. The summed E-state index contributed by atoms with van der Waals surface area (Å²) < 4.78 is 7.43. The van der Waals surface area contributed by atoms with Crippen molar-refractivity contribution in [1.29, 1.82) is 0 Å². The van der Waals surface area contributed by atoms with E-state index in [1.807, 2.05) is 21.6 Å². The smallest absolute Gasteiger partial charge is 0.251 e. The first-order valence-electron chi connectivity index (χ1n) is 11.0. The maximum Gasteiger partial charge on any atom is 0.251 e. The molecule has 3 aliphatic rings. The molecule has 6 nitrogen and oxygen atoms in total. The van der Waals surface area contributed by atoms with Gasteiger partial charge in [-0.2, -0.15) is 0 Å². The Bertz CT molecular complexity index is 952. The molecule has 0 N–H and O–H groups in total. The van der Waals surface area contributed by atoms with Crippen molar-refractivity contribution in [2.75, 3.05) is 45.9 Å². The van der Waals surface area contributed by atoms with E-state index >= 15 is 0 Å². The van der Waals surface area contributed by atoms with Crippen LogP contribution in [-0.4, -0.2) is 66.2 Å². The molecule has 0 saturated carbocycles. The highest BCUT2D eigenvalue weighted by Gasteiger charge is 2.41. The molecule has 5 rings (SSSR count). The van der Waals surface area contributed by atoms with E-state index in [2.05, 4.69) is 35.2 Å². The normalized spacial score (nSPS) is 26.3. The molecule has 6 heteroatoms. The lowest BCUT2D eigenvalue weighted by Crippen LogP contribution is -2.53. The average molecular weight is 408 g/mol. The third-order valence-corrected chi connectivity index (χ3v) is 6.88. The lowest BCUT2D eigenvalue weighted by molar-refractivity contribution is -0.137. The number of amides is 1. The number of carbonyl (C=O) groups excluding carboxylic acids is 1. The van der Waals surface area contributed by atoms with Gasteiger partial charge in [-0.05, 0) is 30.4 Å². The molecule has 2 bridgehead atoms. The SMILES string of the molecule is O=C(CN1C[C@H]2C[C@@H](C1)[C@H](Cc1ccccc1)n1c2cccc1=O)N1CCOCC1. The van der Waals surface area contributed by atoms with E-state index in [0.717, 1.165) is 31.6 Å². The van der Waals surface area contributed by atoms with E-state index in [0.29, 0.717) is 44.7 Å². The highest BCUT2D eigenvalue weighted by atomic mass is 16.5. The van der Waals surface area contributed by atoms with E-state index in [-0.39, 0.29) is 17.5 Å². The van der Waals surface area contributed by atoms with Gasteiger partial charge in [-0.15, -0.1) is 0 Å². The molecule has 1 aromatic heterocycles. The molecule has 0 unspecified atom stereocenters. The largest absolute Gasteiger partial charge is 0.378 e. The molecule has 158 valence electrons. The summed E-state index contributed by atoms with van der Waals surface area (Å²) in [4.78, 5) is 29.9. The van der Waals surface area contributed by atoms with Gasteiger partial charge in [0.05, 0.1) is 19.8 Å². The molecule has 2 aromatic rings. The maximum atomic E-state index is 12.8. The quantitative estimate of drug-likeness (QED) is 0.777. The summed E-state index contributed by atoms with van der Waals surface area (Å²) in [5.74, 6) is 0.875. The minimum absolute atomic E-state index is 0.0981. The Morgan fingerprint density at radius 1 is 1.00 bits per heavy atom. The molecular formula is C24H29N3O3. The van der Waals surface area contributed by atoms with Crippen LogP contribution in [0.25, 0.3) is 0 Å². The fraction of sp³-hybridized carbons (Fsp3) is 0.500. The molecule has 4 heterocycles. The second-order valence-corrected chi connectivity index (χ2v) is 8.80. The molecule has 0 aliphatic carbocycles. The standard InChI is InChI=1S/C24H29N3O3/c28-23-8-4-7-21-19-14-20(22(27(21)23)13-18-5-2-1-3-6-18)16-25(15-19)17-24(29)26-9-11-30-12-10-26/h1-8,19-20,22H,9-17H2/t19-,20+,22+/m1/s1. The number of carbonyl (C=O) groups is 1. The number of piperidine rings is 1. The second kappa shape index (κ2) is 8.36. The molecule has 0 radical (unpaired) electrons. The van der Waals surface area contributed by atoms with Crippen LogP contribution >= 0.6 is 0 Å². The number of fused-ring (bicyclic) bond motifs is 4. The van der Waals surface area contributed by atoms with E-state index in [1.165, 1.54) is 5.56 Å². The lowest BCUT2D eigenvalue weighted by atomic mass is 9.76. The Morgan fingerprint density at radius 3 is 2.60 bits per heavy atom. The van der Waals surface area contributed by atoms with Crippen LogP contribution in [-0.2, 0) is 16.0 Å². The number of benzene rings is 1. The predicted octanol–water partition coefficient (Wildman–Crippen LogP) is 1.91. The first-order valence-corrected chi connectivity index (χ1v) is 11.0. The number of likely N-dealkylation sites (tertiary alicyclic amines) is 1. The van der Waals surface area contributed by atoms with E-state index in [9.17, 15) is 9.59 Å². The summed E-state index contributed by atoms with van der Waals surface area (Å²) in [5, 5.41) is 0. The van der Waals surface area contributed by atoms with E-state index in [1.54, 1.807) is 6.07 Å². The van der Waals surface area contributed by atoms with Crippen molar-refractivity contribution in [3.8, 4) is 0 Å². The van der Waals surface area contributed by atoms with Gasteiger partial charge in [-0.25, -0.2) is 0 Å². The molecule has 1 amide bonds. The van der Waals surface area contributed by atoms with Gasteiger partial charge >= 0.3 is 0 Å². The molecule has 2 fully saturated rings. The monoisotopic (exact) mass is 407 g/mol. The van der Waals surface area contributed by atoms with Gasteiger partial charge in [-0.3, -0.25) is 14.5 Å². The zero-order valence-corrected chi connectivity index (χ0v) is 17.3. The van der Waals surface area contributed by atoms with Crippen LogP contribution in [0.1, 0.15) is 29.6 Å². The van der Waals surface area contributed by atoms with Crippen molar-refractivity contribution in [3.63, 3.8) is 0 Å². The number of nitrogens with zero attached hydrogens (tertiary/aromatic N) is 3.